The van der Waals surface area contributed by atoms with Crippen molar-refractivity contribution in [3.8, 4) is 0 Å². The molecule has 1 saturated carbocycles. The van der Waals surface area contributed by atoms with Gasteiger partial charge in [0.25, 0.3) is 0 Å². The molecule has 0 aromatic heterocycles. The zero-order valence-electron chi connectivity index (χ0n) is 13.0. The summed E-state index contributed by atoms with van der Waals surface area (Å²) in [6.45, 7) is 12.3. The van der Waals surface area contributed by atoms with Crippen LogP contribution in [-0.4, -0.2) is 49.1 Å². The van der Waals surface area contributed by atoms with Crippen LogP contribution in [0, 0.1) is 5.92 Å². The van der Waals surface area contributed by atoms with E-state index in [1.807, 2.05) is 6.92 Å². The smallest absolute Gasteiger partial charge is 0.236 e. The molecule has 0 radical (unpaired) electrons. The second-order valence-corrected chi connectivity index (χ2v) is 6.01. The summed E-state index contributed by atoms with van der Waals surface area (Å²) in [5, 5.41) is 6.30. The molecule has 0 saturated heterocycles. The average molecular weight is 269 g/mol. The highest BCUT2D eigenvalue weighted by molar-refractivity contribution is 5.81. The highest BCUT2D eigenvalue weighted by atomic mass is 16.2. The first kappa shape index (κ1) is 16.4. The molecule has 1 atom stereocenters. The van der Waals surface area contributed by atoms with Crippen molar-refractivity contribution in [2.24, 2.45) is 5.92 Å². The van der Waals surface area contributed by atoms with Gasteiger partial charge in [-0.25, -0.2) is 0 Å². The van der Waals surface area contributed by atoms with E-state index < -0.39 is 0 Å². The Hall–Kier alpha value is -0.610. The topological polar surface area (TPSA) is 44.4 Å². The van der Waals surface area contributed by atoms with Crippen LogP contribution in [0.4, 0.5) is 0 Å². The number of hydrogen-bond donors (Lipinski definition) is 2. The predicted molar refractivity (Wildman–Crippen MR) is 80.2 cm³/mol. The number of carbonyl (C=O) groups excluding carboxylic acids is 1. The molecule has 1 rings (SSSR count). The van der Waals surface area contributed by atoms with Crippen molar-refractivity contribution in [1.29, 1.82) is 0 Å². The highest BCUT2D eigenvalue weighted by Gasteiger charge is 2.27. The van der Waals surface area contributed by atoms with Crippen LogP contribution in [0.15, 0.2) is 0 Å². The van der Waals surface area contributed by atoms with Crippen LogP contribution in [0.25, 0.3) is 0 Å². The second kappa shape index (κ2) is 8.54. The molecule has 1 aliphatic rings. The van der Waals surface area contributed by atoms with Gasteiger partial charge in [0, 0.05) is 25.7 Å². The second-order valence-electron chi connectivity index (χ2n) is 6.01. The van der Waals surface area contributed by atoms with Crippen molar-refractivity contribution in [3.05, 3.63) is 0 Å². The van der Waals surface area contributed by atoms with E-state index in [9.17, 15) is 4.79 Å². The maximum absolute atomic E-state index is 11.8. The Balaban J connectivity index is 2.08. The number of nitrogens with zero attached hydrogens (tertiary/aromatic N) is 1. The first-order valence-corrected chi connectivity index (χ1v) is 7.79. The third-order valence-electron chi connectivity index (χ3n) is 3.73. The van der Waals surface area contributed by atoms with Crippen molar-refractivity contribution in [1.82, 2.24) is 15.5 Å². The molecule has 0 bridgehead atoms. The summed E-state index contributed by atoms with van der Waals surface area (Å²) in [7, 11) is 0. The van der Waals surface area contributed by atoms with Gasteiger partial charge in [0.2, 0.25) is 5.91 Å². The van der Waals surface area contributed by atoms with Crippen LogP contribution in [0.3, 0.4) is 0 Å². The Kier molecular flexibility index (Phi) is 7.39. The molecule has 0 aromatic carbocycles. The number of carbonyl (C=O) groups is 1. The van der Waals surface area contributed by atoms with Crippen LogP contribution in [0.5, 0.6) is 0 Å². The fourth-order valence-electron chi connectivity index (χ4n) is 2.19. The largest absolute Gasteiger partial charge is 0.355 e. The van der Waals surface area contributed by atoms with E-state index in [0.29, 0.717) is 5.92 Å². The van der Waals surface area contributed by atoms with Gasteiger partial charge in [-0.2, -0.15) is 0 Å². The molecule has 0 aliphatic heterocycles. The summed E-state index contributed by atoms with van der Waals surface area (Å²) >= 11 is 0. The Labute approximate surface area is 118 Å². The van der Waals surface area contributed by atoms with Crippen molar-refractivity contribution in [2.45, 2.75) is 59.0 Å². The van der Waals surface area contributed by atoms with Crippen molar-refractivity contribution in [2.75, 3.05) is 26.2 Å². The van der Waals surface area contributed by atoms with Crippen LogP contribution in [-0.2, 0) is 4.79 Å². The molecular weight excluding hydrogens is 238 g/mol. The van der Waals surface area contributed by atoms with Crippen molar-refractivity contribution in [3.63, 3.8) is 0 Å². The Bertz CT molecular complexity index is 264. The lowest BCUT2D eigenvalue weighted by molar-refractivity contribution is -0.122. The van der Waals surface area contributed by atoms with E-state index in [4.69, 9.17) is 0 Å². The van der Waals surface area contributed by atoms with E-state index in [1.165, 1.54) is 12.8 Å². The third kappa shape index (κ3) is 6.92. The number of hydrogen-bond acceptors (Lipinski definition) is 3. The van der Waals surface area contributed by atoms with E-state index >= 15 is 0 Å². The Morgan fingerprint density at radius 2 is 1.95 bits per heavy atom. The molecule has 1 amide bonds. The molecule has 0 spiro atoms. The minimum atomic E-state index is -0.0925. The zero-order chi connectivity index (χ0) is 14.3. The van der Waals surface area contributed by atoms with Gasteiger partial charge in [-0.3, -0.25) is 9.69 Å². The average Bonchev–Trinajstić information content (AvgIpc) is 3.18. The van der Waals surface area contributed by atoms with Crippen LogP contribution < -0.4 is 10.6 Å². The summed E-state index contributed by atoms with van der Waals surface area (Å²) in [5.74, 6) is 0.760. The van der Waals surface area contributed by atoms with Crippen molar-refractivity contribution < 1.29 is 4.79 Å². The highest BCUT2D eigenvalue weighted by Crippen LogP contribution is 2.25. The van der Waals surface area contributed by atoms with E-state index in [1.54, 1.807) is 0 Å². The van der Waals surface area contributed by atoms with Crippen LogP contribution >= 0.6 is 0 Å². The minimum absolute atomic E-state index is 0.0925. The first-order valence-electron chi connectivity index (χ1n) is 7.79. The molecule has 2 N–H and O–H groups in total. The lowest BCUT2D eigenvalue weighted by Crippen LogP contribution is -2.45. The van der Waals surface area contributed by atoms with E-state index in [2.05, 4.69) is 36.3 Å². The van der Waals surface area contributed by atoms with Crippen molar-refractivity contribution >= 4 is 5.91 Å². The molecule has 1 aliphatic carbocycles. The zero-order valence-corrected chi connectivity index (χ0v) is 13.0. The summed E-state index contributed by atoms with van der Waals surface area (Å²) in [4.78, 5) is 14.3. The maximum Gasteiger partial charge on any atom is 0.236 e. The lowest BCUT2D eigenvalue weighted by Gasteiger charge is -2.21. The molecule has 112 valence electrons. The summed E-state index contributed by atoms with van der Waals surface area (Å²) < 4.78 is 0. The molecule has 4 nitrogen and oxygen atoms in total. The lowest BCUT2D eigenvalue weighted by atomic mass is 10.1. The van der Waals surface area contributed by atoms with Crippen LogP contribution in [0.2, 0.25) is 0 Å². The fourth-order valence-corrected chi connectivity index (χ4v) is 2.19. The van der Waals surface area contributed by atoms with Gasteiger partial charge in [-0.1, -0.05) is 20.8 Å². The Morgan fingerprint density at radius 1 is 1.26 bits per heavy atom. The molecule has 4 heteroatoms. The predicted octanol–water partition coefficient (Wildman–Crippen LogP) is 1.61. The summed E-state index contributed by atoms with van der Waals surface area (Å²) in [5.41, 5.74) is 0. The SMILES string of the molecule is CCN(CCNC(C)C(=O)NCCC(C)C)C1CC1. The van der Waals surface area contributed by atoms with E-state index in [-0.39, 0.29) is 11.9 Å². The minimum Gasteiger partial charge on any atom is -0.355 e. The van der Waals surface area contributed by atoms with Gasteiger partial charge in [-0.05, 0) is 38.6 Å². The van der Waals surface area contributed by atoms with Gasteiger partial charge in [0.1, 0.15) is 0 Å². The third-order valence-corrected chi connectivity index (χ3v) is 3.73. The van der Waals surface area contributed by atoms with Crippen LogP contribution in [0.1, 0.15) is 47.0 Å². The quantitative estimate of drug-likeness (QED) is 0.633. The summed E-state index contributed by atoms with van der Waals surface area (Å²) in [6.07, 6.45) is 3.74. The molecule has 0 heterocycles. The molecule has 1 unspecified atom stereocenters. The van der Waals surface area contributed by atoms with Gasteiger partial charge in [0.15, 0.2) is 0 Å². The number of nitrogens with one attached hydrogen (secondary N) is 2. The van der Waals surface area contributed by atoms with Gasteiger partial charge >= 0.3 is 0 Å². The normalized spacial score (nSPS) is 16.9. The first-order chi connectivity index (χ1) is 9.04. The number of amides is 1. The molecule has 19 heavy (non-hydrogen) atoms. The molecule has 1 fully saturated rings. The monoisotopic (exact) mass is 269 g/mol. The summed E-state index contributed by atoms with van der Waals surface area (Å²) in [6, 6.07) is 0.715. The van der Waals surface area contributed by atoms with Gasteiger partial charge in [0.05, 0.1) is 6.04 Å². The Morgan fingerprint density at radius 3 is 2.47 bits per heavy atom. The maximum atomic E-state index is 11.8. The number of rotatable bonds is 10. The van der Waals surface area contributed by atoms with E-state index in [0.717, 1.165) is 38.6 Å². The molecular formula is C15H31N3O. The number of likely N-dealkylation sites (N-methyl/N-ethyl adjacent to an activating group) is 1. The van der Waals surface area contributed by atoms with Gasteiger partial charge in [-0.15, -0.1) is 0 Å². The fraction of sp³-hybridized carbons (Fsp3) is 0.933. The van der Waals surface area contributed by atoms with Gasteiger partial charge < -0.3 is 10.6 Å². The standard InChI is InChI=1S/C15H31N3O/c1-5-18(14-6-7-14)11-10-16-13(4)15(19)17-9-8-12(2)3/h12-14,16H,5-11H2,1-4H3,(H,17,19). The molecule has 0 aromatic rings.